The highest BCUT2D eigenvalue weighted by Gasteiger charge is 2.06. The second kappa shape index (κ2) is 5.34. The van der Waals surface area contributed by atoms with Crippen LogP contribution in [0.2, 0.25) is 5.02 Å². The normalized spacial score (nSPS) is 12.6. The highest BCUT2D eigenvalue weighted by atomic mass is 35.5. The summed E-state index contributed by atoms with van der Waals surface area (Å²) in [6.45, 7) is 2.86. The van der Waals surface area contributed by atoms with Crippen LogP contribution in [0, 0.1) is 0 Å². The van der Waals surface area contributed by atoms with Crippen molar-refractivity contribution in [2.45, 2.75) is 25.9 Å². The Morgan fingerprint density at radius 1 is 1.35 bits per heavy atom. The van der Waals surface area contributed by atoms with Crippen molar-refractivity contribution in [3.05, 3.63) is 53.1 Å². The molecule has 0 saturated heterocycles. The minimum absolute atomic E-state index is 0.0164. The summed E-state index contributed by atoms with van der Waals surface area (Å²) in [5.74, 6) is 0. The van der Waals surface area contributed by atoms with Gasteiger partial charge < -0.3 is 10.3 Å². The van der Waals surface area contributed by atoms with Crippen molar-refractivity contribution in [2.75, 3.05) is 0 Å². The van der Waals surface area contributed by atoms with Gasteiger partial charge >= 0.3 is 0 Å². The van der Waals surface area contributed by atoms with Gasteiger partial charge in [-0.2, -0.15) is 0 Å². The first-order valence-electron chi connectivity index (χ1n) is 5.67. The van der Waals surface area contributed by atoms with E-state index in [1.165, 1.54) is 5.56 Å². The topological polar surface area (TPSA) is 43.8 Å². The summed E-state index contributed by atoms with van der Waals surface area (Å²) in [5.41, 5.74) is 8.20. The molecule has 0 radical (unpaired) electrons. The van der Waals surface area contributed by atoms with Crippen LogP contribution >= 0.6 is 11.6 Å². The third kappa shape index (κ3) is 3.08. The van der Waals surface area contributed by atoms with Gasteiger partial charge in [-0.1, -0.05) is 23.7 Å². The van der Waals surface area contributed by atoms with E-state index >= 15 is 0 Å². The van der Waals surface area contributed by atoms with Crippen LogP contribution in [-0.2, 0) is 13.0 Å². The van der Waals surface area contributed by atoms with Gasteiger partial charge in [-0.25, -0.2) is 4.98 Å². The molecule has 17 heavy (non-hydrogen) atoms. The number of aryl methyl sites for hydroxylation is 2. The van der Waals surface area contributed by atoms with Crippen molar-refractivity contribution < 1.29 is 0 Å². The summed E-state index contributed by atoms with van der Waals surface area (Å²) in [4.78, 5) is 4.13. The van der Waals surface area contributed by atoms with E-state index in [1.54, 1.807) is 0 Å². The number of halogens is 1. The Kier molecular flexibility index (Phi) is 3.82. The molecule has 1 aromatic carbocycles. The van der Waals surface area contributed by atoms with Gasteiger partial charge in [0.15, 0.2) is 0 Å². The van der Waals surface area contributed by atoms with Crippen LogP contribution in [0.1, 0.15) is 24.2 Å². The van der Waals surface area contributed by atoms with Gasteiger partial charge in [0.2, 0.25) is 0 Å². The second-order valence-corrected chi connectivity index (χ2v) is 4.61. The molecule has 0 spiro atoms. The predicted molar refractivity (Wildman–Crippen MR) is 70.0 cm³/mol. The van der Waals surface area contributed by atoms with Crippen LogP contribution in [0.25, 0.3) is 0 Å². The maximum atomic E-state index is 5.87. The van der Waals surface area contributed by atoms with E-state index in [2.05, 4.69) is 9.55 Å². The Labute approximate surface area is 106 Å². The minimum Gasteiger partial charge on any atom is -0.333 e. The van der Waals surface area contributed by atoms with Crippen LogP contribution in [0.3, 0.4) is 0 Å². The fourth-order valence-electron chi connectivity index (χ4n) is 1.80. The lowest BCUT2D eigenvalue weighted by atomic mass is 10.1. The molecule has 0 saturated carbocycles. The Balaban J connectivity index is 2.02. The molecule has 0 bridgehead atoms. The third-order valence-electron chi connectivity index (χ3n) is 2.77. The molecule has 1 unspecified atom stereocenters. The van der Waals surface area contributed by atoms with Crippen molar-refractivity contribution in [1.29, 1.82) is 0 Å². The molecule has 2 rings (SSSR count). The average Bonchev–Trinajstić information content (AvgIpc) is 2.76. The first-order chi connectivity index (χ1) is 8.16. The zero-order valence-electron chi connectivity index (χ0n) is 9.81. The van der Waals surface area contributed by atoms with Gasteiger partial charge in [0.05, 0.1) is 12.0 Å². The van der Waals surface area contributed by atoms with E-state index in [0.717, 1.165) is 23.7 Å². The molecule has 0 amide bonds. The van der Waals surface area contributed by atoms with Gasteiger partial charge in [-0.05, 0) is 31.0 Å². The van der Waals surface area contributed by atoms with Gasteiger partial charge in [0.1, 0.15) is 0 Å². The zero-order chi connectivity index (χ0) is 12.3. The number of nitrogens with two attached hydrogens (primary N) is 1. The summed E-state index contributed by atoms with van der Waals surface area (Å²) in [6, 6.07) is 7.94. The van der Waals surface area contributed by atoms with E-state index in [9.17, 15) is 0 Å². The standard InChI is InChI=1S/C13H16ClN3/c1-10(15)13-8-16-9-17(13)7-6-11-2-4-12(14)5-3-11/h2-5,8-10H,6-7,15H2,1H3. The van der Waals surface area contributed by atoms with Crippen LogP contribution in [0.4, 0.5) is 0 Å². The van der Waals surface area contributed by atoms with Gasteiger partial charge in [0, 0.05) is 23.8 Å². The summed E-state index contributed by atoms with van der Waals surface area (Å²) >= 11 is 5.85. The number of hydrogen-bond acceptors (Lipinski definition) is 2. The van der Waals surface area contributed by atoms with E-state index in [-0.39, 0.29) is 6.04 Å². The largest absolute Gasteiger partial charge is 0.333 e. The smallest absolute Gasteiger partial charge is 0.0948 e. The van der Waals surface area contributed by atoms with E-state index in [0.29, 0.717) is 0 Å². The molecule has 1 atom stereocenters. The van der Waals surface area contributed by atoms with Crippen molar-refractivity contribution in [1.82, 2.24) is 9.55 Å². The number of nitrogens with zero attached hydrogens (tertiary/aromatic N) is 2. The highest BCUT2D eigenvalue weighted by Crippen LogP contribution is 2.13. The van der Waals surface area contributed by atoms with E-state index < -0.39 is 0 Å². The molecule has 1 heterocycles. The quantitative estimate of drug-likeness (QED) is 0.906. The first kappa shape index (κ1) is 12.1. The lowest BCUT2D eigenvalue weighted by Crippen LogP contribution is -2.12. The van der Waals surface area contributed by atoms with Crippen molar-refractivity contribution >= 4 is 11.6 Å². The molecule has 3 nitrogen and oxygen atoms in total. The lowest BCUT2D eigenvalue weighted by molar-refractivity contribution is 0.624. The highest BCUT2D eigenvalue weighted by molar-refractivity contribution is 6.30. The average molecular weight is 250 g/mol. The van der Waals surface area contributed by atoms with Crippen molar-refractivity contribution in [3.63, 3.8) is 0 Å². The maximum Gasteiger partial charge on any atom is 0.0948 e. The molecule has 0 aliphatic heterocycles. The molecule has 90 valence electrons. The first-order valence-corrected chi connectivity index (χ1v) is 6.04. The third-order valence-corrected chi connectivity index (χ3v) is 3.02. The molecule has 2 N–H and O–H groups in total. The summed E-state index contributed by atoms with van der Waals surface area (Å²) in [7, 11) is 0. The Morgan fingerprint density at radius 2 is 2.06 bits per heavy atom. The number of aromatic nitrogens is 2. The molecule has 0 aliphatic rings. The number of hydrogen-bond donors (Lipinski definition) is 1. The molecular weight excluding hydrogens is 234 g/mol. The Morgan fingerprint density at radius 3 is 2.71 bits per heavy atom. The number of imidazole rings is 1. The summed E-state index contributed by atoms with van der Waals surface area (Å²) < 4.78 is 2.10. The monoisotopic (exact) mass is 249 g/mol. The van der Waals surface area contributed by atoms with Crippen LogP contribution in [0.15, 0.2) is 36.8 Å². The molecule has 1 aromatic heterocycles. The van der Waals surface area contributed by atoms with Gasteiger partial charge in [0.25, 0.3) is 0 Å². The number of benzene rings is 1. The molecule has 0 fully saturated rings. The number of rotatable bonds is 4. The van der Waals surface area contributed by atoms with E-state index in [1.807, 2.05) is 43.7 Å². The van der Waals surface area contributed by atoms with Crippen molar-refractivity contribution in [3.8, 4) is 0 Å². The maximum absolute atomic E-state index is 5.87. The fraction of sp³-hybridized carbons (Fsp3) is 0.308. The van der Waals surface area contributed by atoms with Gasteiger partial charge in [-0.3, -0.25) is 0 Å². The van der Waals surface area contributed by atoms with Gasteiger partial charge in [-0.15, -0.1) is 0 Å². The summed E-state index contributed by atoms with van der Waals surface area (Å²) in [6.07, 6.45) is 4.61. The second-order valence-electron chi connectivity index (χ2n) is 4.18. The fourth-order valence-corrected chi connectivity index (χ4v) is 1.92. The summed E-state index contributed by atoms with van der Waals surface area (Å²) in [5, 5.41) is 0.771. The Bertz CT molecular complexity index is 474. The minimum atomic E-state index is 0.0164. The van der Waals surface area contributed by atoms with Crippen molar-refractivity contribution in [2.24, 2.45) is 5.73 Å². The van der Waals surface area contributed by atoms with Crippen LogP contribution < -0.4 is 5.73 Å². The molecule has 2 aromatic rings. The lowest BCUT2D eigenvalue weighted by Gasteiger charge is -2.10. The van der Waals surface area contributed by atoms with Crippen LogP contribution in [0.5, 0.6) is 0 Å². The molecule has 0 aliphatic carbocycles. The Hall–Kier alpha value is -1.32. The van der Waals surface area contributed by atoms with E-state index in [4.69, 9.17) is 17.3 Å². The SMILES string of the molecule is CC(N)c1cncn1CCc1ccc(Cl)cc1. The molecule has 4 heteroatoms. The predicted octanol–water partition coefficient (Wildman–Crippen LogP) is 2.80. The molecular formula is C13H16ClN3. The van der Waals surface area contributed by atoms with Crippen LogP contribution in [-0.4, -0.2) is 9.55 Å². The zero-order valence-corrected chi connectivity index (χ0v) is 10.6.